The van der Waals surface area contributed by atoms with E-state index in [0.717, 1.165) is 12.8 Å². The topological polar surface area (TPSA) is 12.0 Å². The normalized spacial score (nSPS) is 18.5. The van der Waals surface area contributed by atoms with Gasteiger partial charge in [-0.2, -0.15) is 0 Å². The van der Waals surface area contributed by atoms with Crippen LogP contribution in [0.5, 0.6) is 0 Å². The lowest BCUT2D eigenvalue weighted by Gasteiger charge is -2.28. The Kier molecular flexibility index (Phi) is 4.29. The third-order valence-corrected chi connectivity index (χ3v) is 4.23. The second-order valence-corrected chi connectivity index (χ2v) is 5.41. The summed E-state index contributed by atoms with van der Waals surface area (Å²) < 4.78 is 13.6. The van der Waals surface area contributed by atoms with Gasteiger partial charge in [0, 0.05) is 28.5 Å². The first-order chi connectivity index (χ1) is 8.15. The molecule has 17 heavy (non-hydrogen) atoms. The molecule has 1 aromatic carbocycles. The Bertz CT molecular complexity index is 389. The molecule has 1 saturated carbocycles. The molecule has 94 valence electrons. The highest BCUT2D eigenvalue weighted by atomic mass is 35.5. The van der Waals surface area contributed by atoms with Crippen LogP contribution in [-0.4, -0.2) is 11.4 Å². The van der Waals surface area contributed by atoms with Crippen LogP contribution in [0.3, 0.4) is 0 Å². The summed E-state index contributed by atoms with van der Waals surface area (Å²) in [5.41, 5.74) is 0.638. The third kappa shape index (κ3) is 3.12. The van der Waals surface area contributed by atoms with Crippen LogP contribution in [0.15, 0.2) is 18.2 Å². The highest BCUT2D eigenvalue weighted by Crippen LogP contribution is 2.31. The molecule has 0 aromatic heterocycles. The van der Waals surface area contributed by atoms with Crippen molar-refractivity contribution >= 4 is 23.2 Å². The molecule has 1 aliphatic carbocycles. The van der Waals surface area contributed by atoms with Crippen molar-refractivity contribution in [3.8, 4) is 0 Å². The van der Waals surface area contributed by atoms with E-state index in [-0.39, 0.29) is 11.4 Å². The summed E-state index contributed by atoms with van der Waals surface area (Å²) in [6.45, 7) is 0.510. The van der Waals surface area contributed by atoms with E-state index in [2.05, 4.69) is 5.32 Å². The molecule has 0 saturated heterocycles. The molecule has 0 bridgehead atoms. The second-order valence-electron chi connectivity index (χ2n) is 4.71. The lowest BCUT2D eigenvalue weighted by atomic mass is 10.00. The zero-order chi connectivity index (χ0) is 12.3. The fourth-order valence-electron chi connectivity index (χ4n) is 2.36. The maximum atomic E-state index is 13.6. The number of alkyl halides is 1. The summed E-state index contributed by atoms with van der Waals surface area (Å²) in [6.07, 6.45) is 4.54. The van der Waals surface area contributed by atoms with E-state index in [9.17, 15) is 4.39 Å². The van der Waals surface area contributed by atoms with Crippen molar-refractivity contribution in [1.82, 2.24) is 5.32 Å². The minimum atomic E-state index is -0.257. The van der Waals surface area contributed by atoms with Crippen LogP contribution in [-0.2, 0) is 6.54 Å². The molecule has 1 nitrogen and oxygen atoms in total. The van der Waals surface area contributed by atoms with Crippen molar-refractivity contribution < 1.29 is 4.39 Å². The Morgan fingerprint density at radius 1 is 1.29 bits per heavy atom. The predicted octanol–water partition coefficient (Wildman–Crippen LogP) is 4.12. The van der Waals surface area contributed by atoms with Gasteiger partial charge in [-0.05, 0) is 25.0 Å². The van der Waals surface area contributed by atoms with E-state index in [4.69, 9.17) is 23.2 Å². The quantitative estimate of drug-likeness (QED) is 0.816. The summed E-state index contributed by atoms with van der Waals surface area (Å²) in [5.74, 6) is 0.329. The van der Waals surface area contributed by atoms with Crippen molar-refractivity contribution in [3.05, 3.63) is 34.6 Å². The minimum absolute atomic E-state index is 0.00632. The molecular formula is C13H16Cl2FN. The van der Waals surface area contributed by atoms with Crippen molar-refractivity contribution in [3.63, 3.8) is 0 Å². The number of rotatable bonds is 4. The van der Waals surface area contributed by atoms with Crippen LogP contribution in [0.2, 0.25) is 5.02 Å². The number of benzene rings is 1. The molecule has 4 heteroatoms. The number of nitrogens with one attached hydrogen (secondary N) is 1. The molecule has 1 N–H and O–H groups in total. The van der Waals surface area contributed by atoms with Crippen molar-refractivity contribution in [1.29, 1.82) is 0 Å². The summed E-state index contributed by atoms with van der Waals surface area (Å²) >= 11 is 11.7. The first kappa shape index (κ1) is 13.1. The van der Waals surface area contributed by atoms with E-state index >= 15 is 0 Å². The number of halogens is 3. The van der Waals surface area contributed by atoms with E-state index in [1.165, 1.54) is 18.9 Å². The molecule has 1 fully saturated rings. The van der Waals surface area contributed by atoms with Gasteiger partial charge in [0.15, 0.2) is 0 Å². The second kappa shape index (κ2) is 5.55. The standard InChI is InChI=1S/C13H16Cl2FN/c14-9-13(5-1-2-6-13)17-8-10-3-4-11(15)7-12(10)16/h3-4,7,17H,1-2,5-6,8-9H2. The Labute approximate surface area is 111 Å². The van der Waals surface area contributed by atoms with Crippen LogP contribution in [0.4, 0.5) is 4.39 Å². The monoisotopic (exact) mass is 275 g/mol. The lowest BCUT2D eigenvalue weighted by Crippen LogP contribution is -2.44. The Morgan fingerprint density at radius 2 is 2.00 bits per heavy atom. The average molecular weight is 276 g/mol. The minimum Gasteiger partial charge on any atom is -0.306 e. The first-order valence-corrected chi connectivity index (χ1v) is 6.81. The van der Waals surface area contributed by atoms with Gasteiger partial charge in [-0.25, -0.2) is 4.39 Å². The van der Waals surface area contributed by atoms with Gasteiger partial charge in [0.2, 0.25) is 0 Å². The van der Waals surface area contributed by atoms with Crippen LogP contribution >= 0.6 is 23.2 Å². The number of hydrogen-bond acceptors (Lipinski definition) is 1. The Hall–Kier alpha value is -0.310. The van der Waals surface area contributed by atoms with Gasteiger partial charge in [0.25, 0.3) is 0 Å². The molecule has 0 unspecified atom stereocenters. The van der Waals surface area contributed by atoms with Gasteiger partial charge in [-0.15, -0.1) is 11.6 Å². The van der Waals surface area contributed by atoms with E-state index in [0.29, 0.717) is 23.0 Å². The molecule has 1 aliphatic rings. The summed E-state index contributed by atoms with van der Waals surface area (Å²) in [6, 6.07) is 4.78. The van der Waals surface area contributed by atoms with Gasteiger partial charge < -0.3 is 5.32 Å². The molecule has 0 aliphatic heterocycles. The van der Waals surface area contributed by atoms with Crippen molar-refractivity contribution in [2.75, 3.05) is 5.88 Å². The summed E-state index contributed by atoms with van der Waals surface area (Å²) in [4.78, 5) is 0. The highest BCUT2D eigenvalue weighted by molar-refractivity contribution is 6.30. The van der Waals surface area contributed by atoms with Crippen LogP contribution < -0.4 is 5.32 Å². The molecule has 0 amide bonds. The fourth-order valence-corrected chi connectivity index (χ4v) is 2.88. The zero-order valence-electron chi connectivity index (χ0n) is 9.61. The first-order valence-electron chi connectivity index (χ1n) is 5.90. The largest absolute Gasteiger partial charge is 0.306 e. The summed E-state index contributed by atoms with van der Waals surface area (Å²) in [7, 11) is 0. The van der Waals surface area contributed by atoms with Gasteiger partial charge in [-0.1, -0.05) is 30.5 Å². The van der Waals surface area contributed by atoms with E-state index in [1.807, 2.05) is 0 Å². The van der Waals surface area contributed by atoms with Gasteiger partial charge in [0.05, 0.1) is 0 Å². The van der Waals surface area contributed by atoms with E-state index in [1.54, 1.807) is 12.1 Å². The van der Waals surface area contributed by atoms with Crippen LogP contribution in [0, 0.1) is 5.82 Å². The maximum Gasteiger partial charge on any atom is 0.129 e. The maximum absolute atomic E-state index is 13.6. The Balaban J connectivity index is 2.01. The Morgan fingerprint density at radius 3 is 2.59 bits per heavy atom. The molecule has 0 spiro atoms. The molecule has 0 atom stereocenters. The molecule has 0 heterocycles. The third-order valence-electron chi connectivity index (χ3n) is 3.49. The van der Waals surface area contributed by atoms with Gasteiger partial charge in [-0.3, -0.25) is 0 Å². The van der Waals surface area contributed by atoms with Gasteiger partial charge >= 0.3 is 0 Å². The summed E-state index contributed by atoms with van der Waals surface area (Å²) in [5, 5.41) is 3.84. The lowest BCUT2D eigenvalue weighted by molar-refractivity contribution is 0.364. The number of hydrogen-bond donors (Lipinski definition) is 1. The molecule has 0 radical (unpaired) electrons. The average Bonchev–Trinajstić information content (AvgIpc) is 2.77. The fraction of sp³-hybridized carbons (Fsp3) is 0.538. The van der Waals surface area contributed by atoms with Crippen LogP contribution in [0.25, 0.3) is 0 Å². The van der Waals surface area contributed by atoms with Crippen molar-refractivity contribution in [2.45, 2.75) is 37.8 Å². The SMILES string of the molecule is Fc1cc(Cl)ccc1CNC1(CCl)CCCC1. The van der Waals surface area contributed by atoms with Crippen LogP contribution in [0.1, 0.15) is 31.2 Å². The zero-order valence-corrected chi connectivity index (χ0v) is 11.1. The highest BCUT2D eigenvalue weighted by Gasteiger charge is 2.32. The van der Waals surface area contributed by atoms with E-state index < -0.39 is 0 Å². The smallest absolute Gasteiger partial charge is 0.129 e. The van der Waals surface area contributed by atoms with Crippen molar-refractivity contribution in [2.24, 2.45) is 0 Å². The molecule has 2 rings (SSSR count). The molecule has 1 aromatic rings. The molecular weight excluding hydrogens is 260 g/mol. The van der Waals surface area contributed by atoms with Gasteiger partial charge in [0.1, 0.15) is 5.82 Å². The predicted molar refractivity (Wildman–Crippen MR) is 70.2 cm³/mol.